The molecular weight excluding hydrogens is 492 g/mol. The largest absolute Gasteiger partial charge is 0.444 e. The lowest BCUT2D eigenvalue weighted by atomic mass is 9.92. The monoisotopic (exact) mass is 546 g/mol. The molecule has 2 aliphatic rings. The summed E-state index contributed by atoms with van der Waals surface area (Å²) >= 11 is 0. The van der Waals surface area contributed by atoms with Crippen molar-refractivity contribution >= 4 is 12.2 Å². The van der Waals surface area contributed by atoms with E-state index in [0.717, 1.165) is 0 Å². The third-order valence-corrected chi connectivity index (χ3v) is 6.07. The molecule has 2 fully saturated rings. The summed E-state index contributed by atoms with van der Waals surface area (Å²) in [4.78, 5) is 23.6. The number of nitrogens with one attached hydrogen (secondary N) is 2. The molecule has 0 radical (unpaired) electrons. The highest BCUT2D eigenvalue weighted by Gasteiger charge is 2.51. The van der Waals surface area contributed by atoms with E-state index in [4.69, 9.17) is 18.9 Å². The van der Waals surface area contributed by atoms with E-state index in [1.165, 1.54) is 0 Å². The zero-order valence-corrected chi connectivity index (χ0v) is 25.6. The van der Waals surface area contributed by atoms with Crippen molar-refractivity contribution in [3.05, 3.63) is 0 Å². The van der Waals surface area contributed by atoms with E-state index in [0.29, 0.717) is 37.9 Å². The summed E-state index contributed by atoms with van der Waals surface area (Å²) in [5, 5.41) is 26.1. The molecule has 0 aromatic rings. The Balaban J connectivity index is 0.000000380. The number of hydrogen-bond acceptors (Lipinski definition) is 8. The van der Waals surface area contributed by atoms with Gasteiger partial charge in [0, 0.05) is 0 Å². The summed E-state index contributed by atoms with van der Waals surface area (Å²) in [5.41, 5.74) is -2.15. The van der Waals surface area contributed by atoms with Gasteiger partial charge in [-0.2, -0.15) is 0 Å². The number of amides is 2. The third-order valence-electron chi connectivity index (χ3n) is 6.07. The van der Waals surface area contributed by atoms with Gasteiger partial charge in [0.2, 0.25) is 0 Å². The van der Waals surface area contributed by atoms with Crippen molar-refractivity contribution in [2.24, 2.45) is 11.8 Å². The average molecular weight is 547 g/mol. The fraction of sp³-hybridized carbons (Fsp3) is 0.929. The van der Waals surface area contributed by atoms with E-state index in [2.05, 4.69) is 10.6 Å². The maximum Gasteiger partial charge on any atom is 0.407 e. The molecule has 6 atom stereocenters. The van der Waals surface area contributed by atoms with Crippen molar-refractivity contribution in [1.29, 1.82) is 0 Å². The second-order valence-corrected chi connectivity index (χ2v) is 13.9. The minimum absolute atomic E-state index is 0.358. The Kier molecular flexibility index (Phi) is 11.9. The van der Waals surface area contributed by atoms with Crippen molar-refractivity contribution in [3.8, 4) is 0 Å². The molecule has 0 aliphatic carbocycles. The first-order valence-corrected chi connectivity index (χ1v) is 13.7. The zero-order chi connectivity index (χ0) is 29.7. The van der Waals surface area contributed by atoms with E-state index in [1.807, 2.05) is 83.1 Å². The van der Waals surface area contributed by atoms with Gasteiger partial charge in [-0.25, -0.2) is 9.59 Å². The summed E-state index contributed by atoms with van der Waals surface area (Å²) in [7, 11) is 0. The van der Waals surface area contributed by atoms with Crippen LogP contribution in [0.5, 0.6) is 0 Å². The molecule has 2 aliphatic heterocycles. The van der Waals surface area contributed by atoms with Gasteiger partial charge in [0.15, 0.2) is 0 Å². The highest BCUT2D eigenvalue weighted by molar-refractivity contribution is 5.68. The van der Waals surface area contributed by atoms with E-state index in [9.17, 15) is 19.8 Å². The van der Waals surface area contributed by atoms with Crippen LogP contribution in [0.1, 0.15) is 95.9 Å². The molecule has 38 heavy (non-hydrogen) atoms. The van der Waals surface area contributed by atoms with Crippen LogP contribution in [0.25, 0.3) is 0 Å². The zero-order valence-electron chi connectivity index (χ0n) is 25.6. The van der Waals surface area contributed by atoms with E-state index in [1.54, 1.807) is 0 Å². The smallest absolute Gasteiger partial charge is 0.407 e. The molecule has 10 nitrogen and oxygen atoms in total. The van der Waals surface area contributed by atoms with Crippen molar-refractivity contribution in [2.75, 3.05) is 13.2 Å². The Bertz CT molecular complexity index is 700. The van der Waals surface area contributed by atoms with E-state index in [-0.39, 0.29) is 12.1 Å². The summed E-state index contributed by atoms with van der Waals surface area (Å²) in [6, 6.07) is -0.718. The van der Waals surface area contributed by atoms with Crippen LogP contribution in [0.3, 0.4) is 0 Å². The highest BCUT2D eigenvalue weighted by Crippen LogP contribution is 2.34. The summed E-state index contributed by atoms with van der Waals surface area (Å²) in [6.45, 7) is 23.8. The number of hydrogen-bond donors (Lipinski definition) is 4. The van der Waals surface area contributed by atoms with Crippen LogP contribution in [0, 0.1) is 11.8 Å². The maximum atomic E-state index is 11.8. The van der Waals surface area contributed by atoms with Gasteiger partial charge in [0.1, 0.15) is 34.6 Å². The van der Waals surface area contributed by atoms with Crippen LogP contribution in [0.2, 0.25) is 0 Å². The first kappa shape index (κ1) is 34.4. The number of alkyl carbamates (subject to hydrolysis) is 2. The van der Waals surface area contributed by atoms with Crippen LogP contribution in [-0.4, -0.2) is 82.3 Å². The molecule has 2 amide bonds. The number of aliphatic hydroxyl groups is 2. The van der Waals surface area contributed by atoms with Crippen LogP contribution in [-0.2, 0) is 18.9 Å². The fourth-order valence-corrected chi connectivity index (χ4v) is 3.89. The molecule has 2 rings (SSSR count). The van der Waals surface area contributed by atoms with Gasteiger partial charge in [-0.15, -0.1) is 0 Å². The molecule has 0 unspecified atom stereocenters. The van der Waals surface area contributed by atoms with Gasteiger partial charge >= 0.3 is 12.2 Å². The van der Waals surface area contributed by atoms with Gasteiger partial charge in [-0.1, -0.05) is 27.7 Å². The average Bonchev–Trinajstić information content (AvgIpc) is 3.62. The van der Waals surface area contributed by atoms with Gasteiger partial charge in [-0.05, 0) is 80.1 Å². The van der Waals surface area contributed by atoms with E-state index >= 15 is 0 Å². The molecule has 0 saturated carbocycles. The topological polar surface area (TPSA) is 142 Å². The molecule has 2 heterocycles. The number of carbonyl (C=O) groups is 2. The van der Waals surface area contributed by atoms with Gasteiger partial charge in [0.25, 0.3) is 0 Å². The van der Waals surface area contributed by atoms with Crippen molar-refractivity contribution < 1.29 is 38.7 Å². The lowest BCUT2D eigenvalue weighted by molar-refractivity contribution is 0.0223. The first-order valence-electron chi connectivity index (χ1n) is 13.7. The molecule has 10 heteroatoms. The van der Waals surface area contributed by atoms with Crippen LogP contribution in [0.15, 0.2) is 0 Å². The lowest BCUT2D eigenvalue weighted by Gasteiger charge is -2.29. The molecule has 0 spiro atoms. The molecule has 0 aromatic carbocycles. The maximum absolute atomic E-state index is 11.8. The number of aliphatic hydroxyl groups excluding tert-OH is 2. The second-order valence-electron chi connectivity index (χ2n) is 13.9. The van der Waals surface area contributed by atoms with Crippen LogP contribution >= 0.6 is 0 Å². The summed E-state index contributed by atoms with van der Waals surface area (Å²) in [5.74, 6) is 0.717. The Morgan fingerprint density at radius 2 is 1.00 bits per heavy atom. The third kappa shape index (κ3) is 13.0. The number of epoxide rings is 2. The standard InChI is InChI=1S/2C14H27NO4/c2*1-9(2)7-10(11(16)14(6)8-18-14)15-12(17)19-13(3,4)5/h2*9-11,16H,7-8H2,1-6H3,(H,15,17)/t10-,11+,14-;10-,11-,14+/m00/s1. The number of ether oxygens (including phenoxy) is 4. The Morgan fingerprint density at radius 3 is 1.18 bits per heavy atom. The lowest BCUT2D eigenvalue weighted by Crippen LogP contribution is -2.51. The normalized spacial score (nSPS) is 25.9. The SMILES string of the molecule is CC(C)C[C@H](NC(=O)OC(C)(C)C)[C@@H](O)[C@]1(C)CO1.CC(C)C[C@H](NC(=O)OC(C)(C)C)[C@H](O)[C@@]1(C)CO1. The van der Waals surface area contributed by atoms with Gasteiger partial charge < -0.3 is 39.8 Å². The number of rotatable bonds is 10. The van der Waals surface area contributed by atoms with Crippen molar-refractivity contribution in [1.82, 2.24) is 10.6 Å². The Hall–Kier alpha value is -1.62. The van der Waals surface area contributed by atoms with Crippen molar-refractivity contribution in [2.45, 2.75) is 143 Å². The Labute approximate surface area is 229 Å². The first-order chi connectivity index (χ1) is 17.1. The van der Waals surface area contributed by atoms with Crippen molar-refractivity contribution in [3.63, 3.8) is 0 Å². The molecule has 224 valence electrons. The minimum Gasteiger partial charge on any atom is -0.444 e. The second kappa shape index (κ2) is 13.2. The highest BCUT2D eigenvalue weighted by atomic mass is 16.6. The Morgan fingerprint density at radius 1 is 0.737 bits per heavy atom. The fourth-order valence-electron chi connectivity index (χ4n) is 3.89. The number of carbonyl (C=O) groups excluding carboxylic acids is 2. The predicted molar refractivity (Wildman–Crippen MR) is 146 cm³/mol. The molecular formula is C28H54N2O8. The van der Waals surface area contributed by atoms with Crippen LogP contribution in [0.4, 0.5) is 9.59 Å². The molecule has 0 aromatic heterocycles. The molecule has 0 bridgehead atoms. The minimum atomic E-state index is -0.720. The van der Waals surface area contributed by atoms with Gasteiger partial charge in [0.05, 0.1) is 25.3 Å². The quantitative estimate of drug-likeness (QED) is 0.299. The van der Waals surface area contributed by atoms with Crippen LogP contribution < -0.4 is 10.6 Å². The predicted octanol–water partition coefficient (Wildman–Crippen LogP) is 4.15. The molecule has 4 N–H and O–H groups in total. The summed E-state index contributed by atoms with van der Waals surface area (Å²) in [6.07, 6.45) is -1.08. The van der Waals surface area contributed by atoms with Gasteiger partial charge in [-0.3, -0.25) is 0 Å². The summed E-state index contributed by atoms with van der Waals surface area (Å²) < 4.78 is 21.0. The molecule has 2 saturated heterocycles. The van der Waals surface area contributed by atoms with E-state index < -0.39 is 46.8 Å².